The van der Waals surface area contributed by atoms with Crippen molar-refractivity contribution in [2.45, 2.75) is 32.2 Å². The monoisotopic (exact) mass is 171 g/mol. The average Bonchev–Trinajstić information content (AvgIpc) is 2.04. The van der Waals surface area contributed by atoms with Crippen LogP contribution in [0, 0.1) is 0 Å². The molecule has 0 aliphatic rings. The van der Waals surface area contributed by atoms with Gasteiger partial charge in [-0.25, -0.2) is 0 Å². The van der Waals surface area contributed by atoms with Crippen molar-refractivity contribution in [3.8, 4) is 0 Å². The number of rotatable bonds is 6. The minimum absolute atomic E-state index is 0.393. The summed E-state index contributed by atoms with van der Waals surface area (Å²) in [6, 6.07) is -0.393. The Morgan fingerprint density at radius 2 is 2.33 bits per heavy atom. The number of hydrogen-bond donors (Lipinski definition) is 2. The molecule has 0 saturated carbocycles. The normalized spacial score (nSPS) is 13.5. The Kier molecular flexibility index (Phi) is 6.38. The molecule has 70 valence electrons. The highest BCUT2D eigenvalue weighted by atomic mass is 16.4. The number of allylic oxidation sites excluding steroid dienone is 2. The molecule has 1 unspecified atom stereocenters. The van der Waals surface area contributed by atoms with Crippen LogP contribution in [-0.2, 0) is 4.79 Å². The van der Waals surface area contributed by atoms with Gasteiger partial charge in [0.15, 0.2) is 0 Å². The van der Waals surface area contributed by atoms with Crippen molar-refractivity contribution in [3.05, 3.63) is 12.2 Å². The van der Waals surface area contributed by atoms with Crippen molar-refractivity contribution in [2.75, 3.05) is 7.05 Å². The molecule has 0 bridgehead atoms. The van der Waals surface area contributed by atoms with Gasteiger partial charge < -0.3 is 10.4 Å². The zero-order chi connectivity index (χ0) is 9.40. The minimum atomic E-state index is -0.766. The maximum absolute atomic E-state index is 10.5. The Morgan fingerprint density at radius 1 is 1.67 bits per heavy atom. The number of hydrogen-bond acceptors (Lipinski definition) is 2. The minimum Gasteiger partial charge on any atom is -0.480 e. The van der Waals surface area contributed by atoms with Gasteiger partial charge in [0.2, 0.25) is 0 Å². The summed E-state index contributed by atoms with van der Waals surface area (Å²) in [7, 11) is 1.68. The number of likely N-dealkylation sites (N-methyl/N-ethyl adjacent to an activating group) is 1. The lowest BCUT2D eigenvalue weighted by molar-refractivity contribution is -0.139. The molecular formula is C9H17NO2. The molecule has 0 rings (SSSR count). The summed E-state index contributed by atoms with van der Waals surface area (Å²) in [5.74, 6) is -0.766. The van der Waals surface area contributed by atoms with Gasteiger partial charge in [-0.2, -0.15) is 0 Å². The third-order valence-electron chi connectivity index (χ3n) is 1.75. The second-order valence-electron chi connectivity index (χ2n) is 2.68. The molecule has 0 aromatic rings. The van der Waals surface area contributed by atoms with E-state index in [1.54, 1.807) is 7.05 Å². The van der Waals surface area contributed by atoms with E-state index >= 15 is 0 Å². The predicted octanol–water partition coefficient (Wildman–Crippen LogP) is 1.41. The van der Waals surface area contributed by atoms with Crippen LogP contribution in [-0.4, -0.2) is 24.2 Å². The predicted molar refractivity (Wildman–Crippen MR) is 49.1 cm³/mol. The van der Waals surface area contributed by atoms with Crippen LogP contribution in [0.2, 0.25) is 0 Å². The summed E-state index contributed by atoms with van der Waals surface area (Å²) in [5, 5.41) is 11.4. The Morgan fingerprint density at radius 3 is 2.75 bits per heavy atom. The number of carboxylic acids is 1. The van der Waals surface area contributed by atoms with E-state index in [-0.39, 0.29) is 0 Å². The van der Waals surface area contributed by atoms with E-state index in [1.165, 1.54) is 0 Å². The Bertz CT molecular complexity index is 155. The van der Waals surface area contributed by atoms with Crippen LogP contribution >= 0.6 is 0 Å². The van der Waals surface area contributed by atoms with Crippen molar-refractivity contribution in [1.29, 1.82) is 0 Å². The highest BCUT2D eigenvalue weighted by Gasteiger charge is 2.12. The summed E-state index contributed by atoms with van der Waals surface area (Å²) >= 11 is 0. The molecule has 3 nitrogen and oxygen atoms in total. The Balaban J connectivity index is 3.51. The first-order valence-corrected chi connectivity index (χ1v) is 4.23. The van der Waals surface area contributed by atoms with E-state index < -0.39 is 12.0 Å². The molecule has 0 radical (unpaired) electrons. The topological polar surface area (TPSA) is 49.3 Å². The largest absolute Gasteiger partial charge is 0.480 e. The maximum atomic E-state index is 10.5. The zero-order valence-corrected chi connectivity index (χ0v) is 7.71. The maximum Gasteiger partial charge on any atom is 0.320 e. The summed E-state index contributed by atoms with van der Waals surface area (Å²) in [4.78, 5) is 10.5. The van der Waals surface area contributed by atoms with Gasteiger partial charge in [0.1, 0.15) is 6.04 Å². The lowest BCUT2D eigenvalue weighted by Gasteiger charge is -2.09. The van der Waals surface area contributed by atoms with Gasteiger partial charge in [-0.15, -0.1) is 0 Å². The van der Waals surface area contributed by atoms with Crippen LogP contribution in [0.4, 0.5) is 0 Å². The molecule has 2 N–H and O–H groups in total. The van der Waals surface area contributed by atoms with Crippen LogP contribution in [0.1, 0.15) is 26.2 Å². The van der Waals surface area contributed by atoms with Crippen LogP contribution in [0.15, 0.2) is 12.2 Å². The number of aliphatic carboxylic acids is 1. The molecule has 0 aliphatic carbocycles. The first-order chi connectivity index (χ1) is 5.72. The fraction of sp³-hybridized carbons (Fsp3) is 0.667. The molecule has 3 heteroatoms. The second-order valence-corrected chi connectivity index (χ2v) is 2.68. The van der Waals surface area contributed by atoms with Gasteiger partial charge in [-0.05, 0) is 33.2 Å². The standard InChI is InChI=1S/C9H17NO2/c1-3-4-5-6-7-8(10-2)9(11)12/h3-4,8,10H,5-7H2,1-2H3,(H,11,12)/b4-3+. The van der Waals surface area contributed by atoms with Gasteiger partial charge in [0.05, 0.1) is 0 Å². The molecule has 0 saturated heterocycles. The number of nitrogens with one attached hydrogen (secondary N) is 1. The Labute approximate surface area is 73.5 Å². The van der Waals surface area contributed by atoms with Gasteiger partial charge in [-0.3, -0.25) is 4.79 Å². The van der Waals surface area contributed by atoms with Crippen LogP contribution in [0.25, 0.3) is 0 Å². The van der Waals surface area contributed by atoms with E-state index in [2.05, 4.69) is 11.4 Å². The third kappa shape index (κ3) is 4.91. The van der Waals surface area contributed by atoms with E-state index in [9.17, 15) is 4.79 Å². The molecule has 0 amide bonds. The van der Waals surface area contributed by atoms with Crippen molar-refractivity contribution in [3.63, 3.8) is 0 Å². The second kappa shape index (κ2) is 6.85. The van der Waals surface area contributed by atoms with Crippen LogP contribution in [0.3, 0.4) is 0 Å². The van der Waals surface area contributed by atoms with E-state index in [0.717, 1.165) is 12.8 Å². The quantitative estimate of drug-likeness (QED) is 0.469. The Hall–Kier alpha value is -0.830. The molecule has 0 aromatic heterocycles. The fourth-order valence-corrected chi connectivity index (χ4v) is 0.998. The molecular weight excluding hydrogens is 154 g/mol. The van der Waals surface area contributed by atoms with Crippen molar-refractivity contribution >= 4 is 5.97 Å². The molecule has 0 aromatic carbocycles. The van der Waals surface area contributed by atoms with Crippen molar-refractivity contribution in [2.24, 2.45) is 0 Å². The first kappa shape index (κ1) is 11.2. The van der Waals surface area contributed by atoms with E-state index in [1.807, 2.05) is 13.0 Å². The van der Waals surface area contributed by atoms with Gasteiger partial charge in [0, 0.05) is 0 Å². The van der Waals surface area contributed by atoms with Gasteiger partial charge in [0.25, 0.3) is 0 Å². The van der Waals surface area contributed by atoms with E-state index in [4.69, 9.17) is 5.11 Å². The molecule has 0 fully saturated rings. The summed E-state index contributed by atoms with van der Waals surface area (Å²) in [6.45, 7) is 1.97. The van der Waals surface area contributed by atoms with E-state index in [0.29, 0.717) is 6.42 Å². The summed E-state index contributed by atoms with van der Waals surface area (Å²) in [5.41, 5.74) is 0. The molecule has 12 heavy (non-hydrogen) atoms. The summed E-state index contributed by atoms with van der Waals surface area (Å²) < 4.78 is 0. The SMILES string of the molecule is C/C=C/CCCC(NC)C(=O)O. The third-order valence-corrected chi connectivity index (χ3v) is 1.75. The van der Waals surface area contributed by atoms with Crippen molar-refractivity contribution < 1.29 is 9.90 Å². The fourth-order valence-electron chi connectivity index (χ4n) is 0.998. The molecule has 0 heterocycles. The number of unbranched alkanes of at least 4 members (excludes halogenated alkanes) is 1. The smallest absolute Gasteiger partial charge is 0.320 e. The van der Waals surface area contributed by atoms with Gasteiger partial charge >= 0.3 is 5.97 Å². The number of carboxylic acid groups (broad SMARTS) is 1. The average molecular weight is 171 g/mol. The van der Waals surface area contributed by atoms with Crippen molar-refractivity contribution in [1.82, 2.24) is 5.32 Å². The molecule has 0 spiro atoms. The first-order valence-electron chi connectivity index (χ1n) is 4.23. The highest BCUT2D eigenvalue weighted by molar-refractivity contribution is 5.73. The van der Waals surface area contributed by atoms with Gasteiger partial charge in [-0.1, -0.05) is 12.2 Å². The lowest BCUT2D eigenvalue weighted by atomic mass is 10.1. The summed E-state index contributed by atoms with van der Waals surface area (Å²) in [6.07, 6.45) is 6.60. The lowest BCUT2D eigenvalue weighted by Crippen LogP contribution is -2.33. The van der Waals surface area contributed by atoms with Crippen LogP contribution < -0.4 is 5.32 Å². The van der Waals surface area contributed by atoms with Crippen LogP contribution in [0.5, 0.6) is 0 Å². The molecule has 0 aliphatic heterocycles. The number of carbonyl (C=O) groups is 1. The highest BCUT2D eigenvalue weighted by Crippen LogP contribution is 2.01. The zero-order valence-electron chi connectivity index (χ0n) is 7.71. The molecule has 1 atom stereocenters.